The molecule has 0 spiro atoms. The molecular weight excluding hydrogens is 402 g/mol. The SMILES string of the molecule is CCCCCC1CCC2C(C3CCC(c4ccc(OCCCC)c(F)c4F)CC3)CCC12. The second-order valence-electron chi connectivity index (χ2n) is 11.0. The molecule has 0 amide bonds. The highest BCUT2D eigenvalue weighted by molar-refractivity contribution is 5.33. The largest absolute Gasteiger partial charge is 0.490 e. The molecule has 1 aromatic carbocycles. The van der Waals surface area contributed by atoms with Gasteiger partial charge < -0.3 is 4.74 Å². The van der Waals surface area contributed by atoms with Crippen molar-refractivity contribution in [3.63, 3.8) is 0 Å². The van der Waals surface area contributed by atoms with Crippen LogP contribution in [-0.2, 0) is 0 Å². The van der Waals surface area contributed by atoms with Crippen LogP contribution in [0.5, 0.6) is 5.75 Å². The lowest BCUT2D eigenvalue weighted by atomic mass is 9.70. The van der Waals surface area contributed by atoms with E-state index in [0.717, 1.165) is 55.3 Å². The molecule has 4 unspecified atom stereocenters. The third-order valence-electron chi connectivity index (χ3n) is 9.24. The molecule has 0 saturated heterocycles. The van der Waals surface area contributed by atoms with Crippen molar-refractivity contribution in [1.82, 2.24) is 0 Å². The van der Waals surface area contributed by atoms with Crippen LogP contribution in [0.2, 0.25) is 0 Å². The van der Waals surface area contributed by atoms with Crippen LogP contribution in [-0.4, -0.2) is 6.61 Å². The molecule has 32 heavy (non-hydrogen) atoms. The molecule has 3 fully saturated rings. The Labute approximate surface area is 194 Å². The van der Waals surface area contributed by atoms with Crippen LogP contribution in [0.25, 0.3) is 0 Å². The molecule has 3 saturated carbocycles. The summed E-state index contributed by atoms with van der Waals surface area (Å²) in [5, 5.41) is 0. The fourth-order valence-corrected chi connectivity index (χ4v) is 7.52. The molecular formula is C29H44F2O. The number of ether oxygens (including phenoxy) is 1. The lowest BCUT2D eigenvalue weighted by Gasteiger charge is -2.35. The van der Waals surface area contributed by atoms with Crippen LogP contribution in [0.3, 0.4) is 0 Å². The van der Waals surface area contributed by atoms with Crippen molar-refractivity contribution in [1.29, 1.82) is 0 Å². The van der Waals surface area contributed by atoms with E-state index in [1.807, 2.05) is 0 Å². The molecule has 3 heteroatoms. The van der Waals surface area contributed by atoms with Gasteiger partial charge in [-0.1, -0.05) is 52.0 Å². The number of benzene rings is 1. The maximum absolute atomic E-state index is 14.8. The van der Waals surface area contributed by atoms with Gasteiger partial charge in [0.2, 0.25) is 5.82 Å². The highest BCUT2D eigenvalue weighted by Gasteiger charge is 2.47. The van der Waals surface area contributed by atoms with E-state index in [0.29, 0.717) is 12.2 Å². The minimum absolute atomic E-state index is 0.0695. The summed E-state index contributed by atoms with van der Waals surface area (Å²) in [6, 6.07) is 3.43. The Kier molecular flexibility index (Phi) is 8.51. The summed E-state index contributed by atoms with van der Waals surface area (Å²) >= 11 is 0. The van der Waals surface area contributed by atoms with E-state index < -0.39 is 11.6 Å². The Balaban J connectivity index is 1.31. The van der Waals surface area contributed by atoms with E-state index in [2.05, 4.69) is 13.8 Å². The van der Waals surface area contributed by atoms with Gasteiger partial charge in [0.25, 0.3) is 0 Å². The van der Waals surface area contributed by atoms with Gasteiger partial charge in [-0.3, -0.25) is 0 Å². The second kappa shape index (κ2) is 11.3. The molecule has 180 valence electrons. The summed E-state index contributed by atoms with van der Waals surface area (Å²) in [5.41, 5.74) is 0.574. The summed E-state index contributed by atoms with van der Waals surface area (Å²) in [4.78, 5) is 0. The number of fused-ring (bicyclic) bond motifs is 1. The smallest absolute Gasteiger partial charge is 0.200 e. The average molecular weight is 447 g/mol. The van der Waals surface area contributed by atoms with E-state index in [1.54, 1.807) is 12.1 Å². The molecule has 0 radical (unpaired) electrons. The molecule has 0 aliphatic heterocycles. The summed E-state index contributed by atoms with van der Waals surface area (Å²) < 4.78 is 34.9. The van der Waals surface area contributed by atoms with Gasteiger partial charge in [-0.2, -0.15) is 4.39 Å². The summed E-state index contributed by atoms with van der Waals surface area (Å²) in [6.07, 6.45) is 17.6. The van der Waals surface area contributed by atoms with Crippen molar-refractivity contribution in [3.8, 4) is 5.75 Å². The topological polar surface area (TPSA) is 9.23 Å². The fraction of sp³-hybridized carbons (Fsp3) is 0.793. The molecule has 0 bridgehead atoms. The highest BCUT2D eigenvalue weighted by atomic mass is 19.2. The molecule has 1 aromatic rings. The minimum atomic E-state index is -0.792. The first-order chi connectivity index (χ1) is 15.6. The zero-order chi connectivity index (χ0) is 22.5. The molecule has 1 nitrogen and oxygen atoms in total. The summed E-state index contributed by atoms with van der Waals surface area (Å²) in [7, 11) is 0. The average Bonchev–Trinajstić information content (AvgIpc) is 3.40. The predicted octanol–water partition coefficient (Wildman–Crippen LogP) is 9.05. The van der Waals surface area contributed by atoms with E-state index in [4.69, 9.17) is 4.74 Å². The van der Waals surface area contributed by atoms with Crippen molar-refractivity contribution in [2.45, 2.75) is 110 Å². The van der Waals surface area contributed by atoms with Crippen LogP contribution >= 0.6 is 0 Å². The molecule has 0 N–H and O–H groups in total. The van der Waals surface area contributed by atoms with Gasteiger partial charge in [0, 0.05) is 0 Å². The van der Waals surface area contributed by atoms with Gasteiger partial charge >= 0.3 is 0 Å². The first kappa shape index (κ1) is 24.0. The van der Waals surface area contributed by atoms with Crippen LogP contribution < -0.4 is 4.74 Å². The fourth-order valence-electron chi connectivity index (χ4n) is 7.52. The minimum Gasteiger partial charge on any atom is -0.490 e. The zero-order valence-electron chi connectivity index (χ0n) is 20.4. The van der Waals surface area contributed by atoms with Crippen molar-refractivity contribution < 1.29 is 13.5 Å². The van der Waals surface area contributed by atoms with Gasteiger partial charge in [-0.25, -0.2) is 4.39 Å². The second-order valence-corrected chi connectivity index (χ2v) is 11.0. The van der Waals surface area contributed by atoms with Gasteiger partial charge in [0.05, 0.1) is 6.61 Å². The van der Waals surface area contributed by atoms with E-state index >= 15 is 0 Å². The predicted molar refractivity (Wildman–Crippen MR) is 128 cm³/mol. The third-order valence-corrected chi connectivity index (χ3v) is 9.24. The quantitative estimate of drug-likeness (QED) is 0.326. The van der Waals surface area contributed by atoms with Crippen molar-refractivity contribution in [3.05, 3.63) is 29.3 Å². The van der Waals surface area contributed by atoms with Crippen LogP contribution in [0.1, 0.15) is 115 Å². The van der Waals surface area contributed by atoms with E-state index in [9.17, 15) is 8.78 Å². The zero-order valence-corrected chi connectivity index (χ0v) is 20.4. The monoisotopic (exact) mass is 446 g/mol. The maximum atomic E-state index is 14.8. The number of rotatable bonds is 10. The first-order valence-electron chi connectivity index (χ1n) is 13.7. The third kappa shape index (κ3) is 5.17. The molecule has 0 aromatic heterocycles. The van der Waals surface area contributed by atoms with E-state index in [-0.39, 0.29) is 11.7 Å². The highest BCUT2D eigenvalue weighted by Crippen LogP contribution is 2.56. The first-order valence-corrected chi connectivity index (χ1v) is 13.7. The number of unbranched alkanes of at least 4 members (excludes halogenated alkanes) is 3. The van der Waals surface area contributed by atoms with Gasteiger partial charge in [0.1, 0.15) is 0 Å². The molecule has 3 aliphatic carbocycles. The molecule has 0 heterocycles. The lowest BCUT2D eigenvalue weighted by molar-refractivity contribution is 0.177. The van der Waals surface area contributed by atoms with Gasteiger partial charge in [-0.05, 0) is 105 Å². The Bertz CT molecular complexity index is 724. The van der Waals surface area contributed by atoms with E-state index in [1.165, 1.54) is 64.2 Å². The van der Waals surface area contributed by atoms with Crippen LogP contribution in [0, 0.1) is 41.2 Å². The number of hydrogen-bond acceptors (Lipinski definition) is 1. The Morgan fingerprint density at radius 2 is 1.47 bits per heavy atom. The van der Waals surface area contributed by atoms with Gasteiger partial charge in [0.15, 0.2) is 11.6 Å². The van der Waals surface area contributed by atoms with Crippen LogP contribution in [0.15, 0.2) is 12.1 Å². The standard InChI is InChI=1S/C29H44F2O/c1-3-5-7-8-20-13-14-26-23(20)15-16-24(26)21-9-11-22(12-10-21)25-17-18-27(29(31)28(25)30)32-19-6-4-2/h17-18,20-24,26H,3-16,19H2,1-2H3. The molecule has 3 aliphatic rings. The Morgan fingerprint density at radius 3 is 2.22 bits per heavy atom. The van der Waals surface area contributed by atoms with Crippen molar-refractivity contribution in [2.75, 3.05) is 6.61 Å². The van der Waals surface area contributed by atoms with Crippen molar-refractivity contribution in [2.24, 2.45) is 29.6 Å². The number of hydrogen-bond donors (Lipinski definition) is 0. The van der Waals surface area contributed by atoms with Gasteiger partial charge in [-0.15, -0.1) is 0 Å². The van der Waals surface area contributed by atoms with Crippen molar-refractivity contribution >= 4 is 0 Å². The molecule has 4 atom stereocenters. The van der Waals surface area contributed by atoms with Crippen LogP contribution in [0.4, 0.5) is 8.78 Å². The summed E-state index contributed by atoms with van der Waals surface area (Å²) in [5.74, 6) is 3.40. The molecule has 4 rings (SSSR count). The number of halogens is 2. The normalized spacial score (nSPS) is 32.2. The Hall–Kier alpha value is -1.12. The Morgan fingerprint density at radius 1 is 0.750 bits per heavy atom. The lowest BCUT2D eigenvalue weighted by Crippen LogP contribution is -2.25. The summed E-state index contributed by atoms with van der Waals surface area (Å²) in [6.45, 7) is 4.81. The maximum Gasteiger partial charge on any atom is 0.200 e.